The minimum absolute atomic E-state index is 0.760. The molecule has 96 valence electrons. The Balaban J connectivity index is 1.88. The highest BCUT2D eigenvalue weighted by molar-refractivity contribution is 5.85. The zero-order valence-electron chi connectivity index (χ0n) is 10.4. The Morgan fingerprint density at radius 2 is 2.05 bits per heavy atom. The van der Waals surface area contributed by atoms with Crippen molar-refractivity contribution in [3.63, 3.8) is 0 Å². The summed E-state index contributed by atoms with van der Waals surface area (Å²) in [5.74, 6) is 0. The molecule has 0 bridgehead atoms. The first-order chi connectivity index (χ1) is 9.92. The molecule has 5 nitrogen and oxygen atoms in total. The standard InChI is InChI=1S/C15H10N4O/c1-2-6-16-13(3-1)15-11(8-18-19-15)10-4-5-12-14(7-10)20-9-17-12/h1-9H,(H,18,19). The van der Waals surface area contributed by atoms with Crippen LogP contribution in [0.15, 0.2) is 59.6 Å². The van der Waals surface area contributed by atoms with Crippen LogP contribution >= 0.6 is 0 Å². The molecule has 0 unspecified atom stereocenters. The number of hydrogen-bond donors (Lipinski definition) is 1. The van der Waals surface area contributed by atoms with E-state index in [0.29, 0.717) is 0 Å². The fourth-order valence-corrected chi connectivity index (χ4v) is 2.23. The van der Waals surface area contributed by atoms with Crippen LogP contribution < -0.4 is 0 Å². The molecule has 0 aliphatic carbocycles. The summed E-state index contributed by atoms with van der Waals surface area (Å²) < 4.78 is 5.34. The van der Waals surface area contributed by atoms with E-state index in [9.17, 15) is 0 Å². The summed E-state index contributed by atoms with van der Waals surface area (Å²) in [4.78, 5) is 8.46. The molecule has 0 aliphatic heterocycles. The van der Waals surface area contributed by atoms with Gasteiger partial charge >= 0.3 is 0 Å². The SMILES string of the molecule is c1ccc(-c2n[nH]cc2-c2ccc3ncoc3c2)nc1. The maximum Gasteiger partial charge on any atom is 0.181 e. The van der Waals surface area contributed by atoms with Gasteiger partial charge in [-0.25, -0.2) is 4.98 Å². The largest absolute Gasteiger partial charge is 0.443 e. The van der Waals surface area contributed by atoms with E-state index in [0.717, 1.165) is 33.6 Å². The van der Waals surface area contributed by atoms with Gasteiger partial charge in [-0.2, -0.15) is 5.10 Å². The molecule has 0 saturated carbocycles. The molecule has 3 heterocycles. The summed E-state index contributed by atoms with van der Waals surface area (Å²) in [6.07, 6.45) is 5.07. The van der Waals surface area contributed by atoms with Gasteiger partial charge in [-0.05, 0) is 29.8 Å². The van der Waals surface area contributed by atoms with Crippen molar-refractivity contribution >= 4 is 11.1 Å². The van der Waals surface area contributed by atoms with E-state index in [1.807, 2.05) is 42.6 Å². The molecule has 1 N–H and O–H groups in total. The smallest absolute Gasteiger partial charge is 0.181 e. The van der Waals surface area contributed by atoms with Gasteiger partial charge in [-0.15, -0.1) is 0 Å². The van der Waals surface area contributed by atoms with Gasteiger partial charge < -0.3 is 4.42 Å². The Morgan fingerprint density at radius 3 is 2.95 bits per heavy atom. The molecule has 0 atom stereocenters. The lowest BCUT2D eigenvalue weighted by atomic mass is 10.0. The molecule has 20 heavy (non-hydrogen) atoms. The average Bonchev–Trinajstić information content (AvgIpc) is 3.16. The molecule has 4 rings (SSSR count). The first-order valence-corrected chi connectivity index (χ1v) is 6.20. The molecule has 1 aromatic carbocycles. The third kappa shape index (κ3) is 1.68. The topological polar surface area (TPSA) is 67.6 Å². The van der Waals surface area contributed by atoms with Gasteiger partial charge in [0.25, 0.3) is 0 Å². The minimum Gasteiger partial charge on any atom is -0.443 e. The monoisotopic (exact) mass is 262 g/mol. The number of nitrogens with one attached hydrogen (secondary N) is 1. The van der Waals surface area contributed by atoms with Crippen molar-refractivity contribution in [1.29, 1.82) is 0 Å². The number of hydrogen-bond acceptors (Lipinski definition) is 4. The van der Waals surface area contributed by atoms with Crippen molar-refractivity contribution in [2.24, 2.45) is 0 Å². The Morgan fingerprint density at radius 1 is 1.05 bits per heavy atom. The lowest BCUT2D eigenvalue weighted by Crippen LogP contribution is -1.85. The first-order valence-electron chi connectivity index (χ1n) is 6.20. The normalized spacial score (nSPS) is 11.0. The third-order valence-electron chi connectivity index (χ3n) is 3.19. The van der Waals surface area contributed by atoms with Crippen molar-refractivity contribution in [3.05, 3.63) is 55.2 Å². The van der Waals surface area contributed by atoms with Crippen molar-refractivity contribution in [2.75, 3.05) is 0 Å². The van der Waals surface area contributed by atoms with Gasteiger partial charge in [0.2, 0.25) is 0 Å². The second-order valence-corrected chi connectivity index (χ2v) is 4.40. The molecule has 0 aliphatic rings. The van der Waals surface area contributed by atoms with Gasteiger partial charge in [-0.3, -0.25) is 10.1 Å². The minimum atomic E-state index is 0.760. The Kier molecular flexibility index (Phi) is 2.35. The quantitative estimate of drug-likeness (QED) is 0.602. The molecule has 3 aromatic heterocycles. The van der Waals surface area contributed by atoms with Crippen molar-refractivity contribution in [2.45, 2.75) is 0 Å². The number of oxazole rings is 1. The van der Waals surface area contributed by atoms with Crippen LogP contribution in [0, 0.1) is 0 Å². The number of pyridine rings is 1. The number of fused-ring (bicyclic) bond motifs is 1. The Labute approximate surface area is 114 Å². The molecule has 5 heteroatoms. The second kappa shape index (κ2) is 4.31. The van der Waals surface area contributed by atoms with Crippen LogP contribution in [-0.2, 0) is 0 Å². The summed E-state index contributed by atoms with van der Waals surface area (Å²) in [6, 6.07) is 11.7. The summed E-state index contributed by atoms with van der Waals surface area (Å²) in [6.45, 7) is 0. The van der Waals surface area contributed by atoms with E-state index in [1.165, 1.54) is 6.39 Å². The van der Waals surface area contributed by atoms with Crippen molar-refractivity contribution < 1.29 is 4.42 Å². The number of aromatic amines is 1. The fourth-order valence-electron chi connectivity index (χ4n) is 2.23. The second-order valence-electron chi connectivity index (χ2n) is 4.40. The van der Waals surface area contributed by atoms with Crippen LogP contribution in [0.4, 0.5) is 0 Å². The van der Waals surface area contributed by atoms with E-state index >= 15 is 0 Å². The average molecular weight is 262 g/mol. The number of benzene rings is 1. The van der Waals surface area contributed by atoms with Crippen LogP contribution in [0.2, 0.25) is 0 Å². The summed E-state index contributed by atoms with van der Waals surface area (Å²) >= 11 is 0. The molecule has 0 amide bonds. The predicted molar refractivity (Wildman–Crippen MR) is 74.8 cm³/mol. The first kappa shape index (κ1) is 10.9. The molecule has 0 fully saturated rings. The van der Waals surface area contributed by atoms with Crippen molar-refractivity contribution in [3.8, 4) is 22.5 Å². The fraction of sp³-hybridized carbons (Fsp3) is 0. The highest BCUT2D eigenvalue weighted by Crippen LogP contribution is 2.30. The van der Waals surface area contributed by atoms with Gasteiger partial charge in [0.05, 0.1) is 5.69 Å². The molecule has 0 spiro atoms. The lowest BCUT2D eigenvalue weighted by molar-refractivity contribution is 0.602. The number of H-pyrrole nitrogens is 1. The van der Waals surface area contributed by atoms with Gasteiger partial charge in [-0.1, -0.05) is 12.1 Å². The van der Waals surface area contributed by atoms with E-state index < -0.39 is 0 Å². The summed E-state index contributed by atoms with van der Waals surface area (Å²) in [5, 5.41) is 7.20. The summed E-state index contributed by atoms with van der Waals surface area (Å²) in [7, 11) is 0. The van der Waals surface area contributed by atoms with Gasteiger partial charge in [0.15, 0.2) is 12.0 Å². The van der Waals surface area contributed by atoms with Crippen LogP contribution in [0.1, 0.15) is 0 Å². The van der Waals surface area contributed by atoms with E-state index in [4.69, 9.17) is 4.42 Å². The van der Waals surface area contributed by atoms with Crippen LogP contribution in [0.25, 0.3) is 33.6 Å². The van der Waals surface area contributed by atoms with Crippen LogP contribution in [-0.4, -0.2) is 20.2 Å². The zero-order chi connectivity index (χ0) is 13.4. The highest BCUT2D eigenvalue weighted by Gasteiger charge is 2.12. The summed E-state index contributed by atoms with van der Waals surface area (Å²) in [5.41, 5.74) is 5.27. The maximum atomic E-state index is 5.34. The molecular weight excluding hydrogens is 252 g/mol. The van der Waals surface area contributed by atoms with Crippen LogP contribution in [0.5, 0.6) is 0 Å². The third-order valence-corrected chi connectivity index (χ3v) is 3.19. The van der Waals surface area contributed by atoms with Gasteiger partial charge in [0, 0.05) is 18.0 Å². The van der Waals surface area contributed by atoms with Crippen molar-refractivity contribution in [1.82, 2.24) is 20.2 Å². The van der Waals surface area contributed by atoms with E-state index in [-0.39, 0.29) is 0 Å². The molecular formula is C15H10N4O. The van der Waals surface area contributed by atoms with Gasteiger partial charge in [0.1, 0.15) is 11.2 Å². The maximum absolute atomic E-state index is 5.34. The number of rotatable bonds is 2. The van der Waals surface area contributed by atoms with Crippen LogP contribution in [0.3, 0.4) is 0 Å². The lowest BCUT2D eigenvalue weighted by Gasteiger charge is -2.01. The zero-order valence-corrected chi connectivity index (χ0v) is 10.4. The molecule has 4 aromatic rings. The molecule has 0 saturated heterocycles. The number of nitrogens with zero attached hydrogens (tertiary/aromatic N) is 3. The molecule has 0 radical (unpaired) electrons. The highest BCUT2D eigenvalue weighted by atomic mass is 16.3. The number of aromatic nitrogens is 4. The predicted octanol–water partition coefficient (Wildman–Crippen LogP) is 3.28. The Hall–Kier alpha value is -2.95. The van der Waals surface area contributed by atoms with E-state index in [2.05, 4.69) is 20.2 Å². The Bertz CT molecular complexity index is 864. The van der Waals surface area contributed by atoms with E-state index in [1.54, 1.807) is 6.20 Å².